The van der Waals surface area contributed by atoms with Crippen LogP contribution in [-0.4, -0.2) is 27.9 Å². The van der Waals surface area contributed by atoms with Gasteiger partial charge < -0.3 is 10.1 Å². The number of H-pyrrole nitrogens is 1. The Morgan fingerprint density at radius 1 is 1.42 bits per heavy atom. The normalized spacial score (nSPS) is 10.3. The summed E-state index contributed by atoms with van der Waals surface area (Å²) in [6.45, 7) is 3.67. The Hall–Kier alpha value is -2.08. The third-order valence-electron chi connectivity index (χ3n) is 2.46. The smallest absolute Gasteiger partial charge is 0.263 e. The molecule has 1 heterocycles. The lowest BCUT2D eigenvalue weighted by atomic mass is 10.1. The van der Waals surface area contributed by atoms with E-state index in [9.17, 15) is 4.79 Å². The third-order valence-corrected chi connectivity index (χ3v) is 3.06. The molecule has 0 fully saturated rings. The second-order valence-corrected chi connectivity index (χ2v) is 4.44. The quantitative estimate of drug-likeness (QED) is 0.899. The number of ether oxygens (including phenoxy) is 1. The Morgan fingerprint density at radius 2 is 2.11 bits per heavy atom. The molecule has 0 unspecified atom stereocenters. The Balaban J connectivity index is 1.93. The monoisotopic (exact) mass is 280 g/mol. The number of aromatic nitrogens is 3. The summed E-state index contributed by atoms with van der Waals surface area (Å²) in [7, 11) is 0. The summed E-state index contributed by atoms with van der Waals surface area (Å²) in [5, 5.41) is 12.9. The average molecular weight is 281 g/mol. The molecule has 0 aliphatic rings. The Morgan fingerprint density at radius 3 is 2.68 bits per heavy atom. The van der Waals surface area contributed by atoms with Gasteiger partial charge in [-0.25, -0.2) is 0 Å². The molecule has 0 saturated carbocycles. The number of nitrogens with one attached hydrogen (secondary N) is 2. The lowest BCUT2D eigenvalue weighted by molar-refractivity contribution is -0.118. The van der Waals surface area contributed by atoms with Crippen LogP contribution in [0, 0.1) is 13.8 Å². The van der Waals surface area contributed by atoms with Gasteiger partial charge in [-0.15, -0.1) is 5.10 Å². The molecule has 2 N–H and O–H groups in total. The molecule has 19 heavy (non-hydrogen) atoms. The van der Waals surface area contributed by atoms with Crippen molar-refractivity contribution < 1.29 is 9.53 Å². The number of anilines is 1. The molecule has 0 saturated heterocycles. The SMILES string of the molecule is Cc1cc(OCC(=O)Nc2cn[nH]n2)cc(C)c1Cl. The van der Waals surface area contributed by atoms with Crippen molar-refractivity contribution in [2.75, 3.05) is 11.9 Å². The lowest BCUT2D eigenvalue weighted by Gasteiger charge is -2.09. The summed E-state index contributed by atoms with van der Waals surface area (Å²) in [5.41, 5.74) is 1.82. The minimum absolute atomic E-state index is 0.104. The summed E-state index contributed by atoms with van der Waals surface area (Å²) >= 11 is 6.05. The van der Waals surface area contributed by atoms with Crippen LogP contribution in [0.15, 0.2) is 18.3 Å². The van der Waals surface area contributed by atoms with E-state index < -0.39 is 0 Å². The molecule has 1 amide bonds. The van der Waals surface area contributed by atoms with Gasteiger partial charge in [-0.1, -0.05) is 11.6 Å². The van der Waals surface area contributed by atoms with Gasteiger partial charge in [0.15, 0.2) is 12.4 Å². The maximum absolute atomic E-state index is 11.6. The van der Waals surface area contributed by atoms with Crippen molar-refractivity contribution in [3.63, 3.8) is 0 Å². The van der Waals surface area contributed by atoms with Gasteiger partial charge in [0, 0.05) is 5.02 Å². The standard InChI is InChI=1S/C12H13ClN4O2/c1-7-3-9(4-8(2)12(7)13)19-6-11(18)15-10-5-14-17-16-10/h3-5H,6H2,1-2H3,(H2,14,15,16,17,18). The predicted molar refractivity (Wildman–Crippen MR) is 71.4 cm³/mol. The van der Waals surface area contributed by atoms with Gasteiger partial charge in [-0.05, 0) is 37.1 Å². The van der Waals surface area contributed by atoms with Gasteiger partial charge >= 0.3 is 0 Å². The number of aromatic amines is 1. The Bertz CT molecular complexity index is 560. The van der Waals surface area contributed by atoms with Crippen molar-refractivity contribution in [3.05, 3.63) is 34.5 Å². The summed E-state index contributed by atoms with van der Waals surface area (Å²) in [6.07, 6.45) is 1.41. The van der Waals surface area contributed by atoms with Crippen molar-refractivity contribution in [2.45, 2.75) is 13.8 Å². The zero-order valence-electron chi connectivity index (χ0n) is 10.5. The topological polar surface area (TPSA) is 79.9 Å². The minimum atomic E-state index is -0.306. The van der Waals surface area contributed by atoms with E-state index in [-0.39, 0.29) is 12.5 Å². The van der Waals surface area contributed by atoms with Crippen LogP contribution in [-0.2, 0) is 4.79 Å². The zero-order valence-corrected chi connectivity index (χ0v) is 11.3. The highest BCUT2D eigenvalue weighted by Gasteiger charge is 2.07. The zero-order chi connectivity index (χ0) is 13.8. The molecule has 1 aromatic carbocycles. The molecule has 0 aliphatic heterocycles. The first-order valence-electron chi connectivity index (χ1n) is 5.61. The molecule has 0 spiro atoms. The number of aryl methyl sites for hydroxylation is 2. The summed E-state index contributed by atoms with van der Waals surface area (Å²) in [5.74, 6) is 0.658. The molecule has 7 heteroatoms. The van der Waals surface area contributed by atoms with E-state index in [2.05, 4.69) is 20.7 Å². The molecule has 0 aliphatic carbocycles. The van der Waals surface area contributed by atoms with E-state index in [0.29, 0.717) is 16.6 Å². The number of rotatable bonds is 4. The highest BCUT2D eigenvalue weighted by Crippen LogP contribution is 2.25. The lowest BCUT2D eigenvalue weighted by Crippen LogP contribution is -2.20. The van der Waals surface area contributed by atoms with Crippen molar-refractivity contribution in [2.24, 2.45) is 0 Å². The molecule has 0 bridgehead atoms. The van der Waals surface area contributed by atoms with Gasteiger partial charge in [0.2, 0.25) is 0 Å². The fourth-order valence-electron chi connectivity index (χ4n) is 1.58. The number of amides is 1. The Labute approximate surface area is 115 Å². The van der Waals surface area contributed by atoms with Crippen LogP contribution in [0.5, 0.6) is 5.75 Å². The highest BCUT2D eigenvalue weighted by molar-refractivity contribution is 6.32. The fourth-order valence-corrected chi connectivity index (χ4v) is 1.69. The second kappa shape index (κ2) is 5.71. The van der Waals surface area contributed by atoms with Crippen molar-refractivity contribution in [1.29, 1.82) is 0 Å². The maximum atomic E-state index is 11.6. The van der Waals surface area contributed by atoms with Crippen LogP contribution < -0.4 is 10.1 Å². The molecule has 2 rings (SSSR count). The predicted octanol–water partition coefficient (Wildman–Crippen LogP) is 2.09. The van der Waals surface area contributed by atoms with Crippen LogP contribution in [0.3, 0.4) is 0 Å². The van der Waals surface area contributed by atoms with Gasteiger partial charge in [0.05, 0.1) is 6.20 Å². The molecule has 0 radical (unpaired) electrons. The third kappa shape index (κ3) is 3.45. The number of carbonyl (C=O) groups excluding carboxylic acids is 1. The van der Waals surface area contributed by atoms with E-state index in [4.69, 9.17) is 16.3 Å². The van der Waals surface area contributed by atoms with Crippen molar-refractivity contribution in [1.82, 2.24) is 15.4 Å². The number of nitrogens with zero attached hydrogens (tertiary/aromatic N) is 2. The number of benzene rings is 1. The van der Waals surface area contributed by atoms with Crippen LogP contribution in [0.4, 0.5) is 5.82 Å². The first-order chi connectivity index (χ1) is 9.06. The summed E-state index contributed by atoms with van der Waals surface area (Å²) in [6, 6.07) is 3.58. The first kappa shape index (κ1) is 13.4. The summed E-state index contributed by atoms with van der Waals surface area (Å²) < 4.78 is 5.40. The van der Waals surface area contributed by atoms with Crippen LogP contribution in [0.1, 0.15) is 11.1 Å². The first-order valence-corrected chi connectivity index (χ1v) is 5.99. The van der Waals surface area contributed by atoms with E-state index in [1.54, 1.807) is 12.1 Å². The molecular formula is C12H13ClN4O2. The summed E-state index contributed by atoms with van der Waals surface area (Å²) in [4.78, 5) is 11.6. The average Bonchev–Trinajstić information content (AvgIpc) is 2.86. The van der Waals surface area contributed by atoms with Crippen LogP contribution >= 0.6 is 11.6 Å². The van der Waals surface area contributed by atoms with Crippen molar-refractivity contribution >= 4 is 23.3 Å². The number of halogens is 1. The van der Waals surface area contributed by atoms with Gasteiger partial charge in [-0.2, -0.15) is 10.3 Å². The van der Waals surface area contributed by atoms with Gasteiger partial charge in [0.1, 0.15) is 5.75 Å². The molecule has 2 aromatic rings. The van der Waals surface area contributed by atoms with Gasteiger partial charge in [-0.3, -0.25) is 4.79 Å². The fraction of sp³-hybridized carbons (Fsp3) is 0.250. The van der Waals surface area contributed by atoms with E-state index in [1.165, 1.54) is 6.20 Å². The minimum Gasteiger partial charge on any atom is -0.484 e. The number of hydrogen-bond acceptors (Lipinski definition) is 4. The van der Waals surface area contributed by atoms with Gasteiger partial charge in [0.25, 0.3) is 5.91 Å². The molecule has 100 valence electrons. The Kier molecular flexibility index (Phi) is 4.01. The van der Waals surface area contributed by atoms with E-state index in [1.807, 2.05) is 13.8 Å². The largest absolute Gasteiger partial charge is 0.484 e. The van der Waals surface area contributed by atoms with Crippen molar-refractivity contribution in [3.8, 4) is 5.75 Å². The maximum Gasteiger partial charge on any atom is 0.263 e. The number of hydrogen-bond donors (Lipinski definition) is 2. The number of carbonyl (C=O) groups is 1. The molecule has 1 aromatic heterocycles. The van der Waals surface area contributed by atoms with E-state index >= 15 is 0 Å². The van der Waals surface area contributed by atoms with Crippen LogP contribution in [0.25, 0.3) is 0 Å². The van der Waals surface area contributed by atoms with E-state index in [0.717, 1.165) is 11.1 Å². The second-order valence-electron chi connectivity index (χ2n) is 4.06. The van der Waals surface area contributed by atoms with Crippen LogP contribution in [0.2, 0.25) is 5.02 Å². The molecular weight excluding hydrogens is 268 g/mol. The highest BCUT2D eigenvalue weighted by atomic mass is 35.5. The molecule has 6 nitrogen and oxygen atoms in total. The molecule has 0 atom stereocenters.